The van der Waals surface area contributed by atoms with Gasteiger partial charge in [-0.25, -0.2) is 8.42 Å². The van der Waals surface area contributed by atoms with E-state index in [1.807, 2.05) is 37.3 Å². The van der Waals surface area contributed by atoms with Gasteiger partial charge < -0.3 is 9.80 Å². The Kier molecular flexibility index (Phi) is 6.74. The predicted octanol–water partition coefficient (Wildman–Crippen LogP) is 2.91. The molecule has 2 aromatic rings. The topological polar surface area (TPSA) is 86.8 Å². The van der Waals surface area contributed by atoms with Crippen LogP contribution in [-0.2, 0) is 32.6 Å². The number of nitrogens with one attached hydrogen (secondary N) is 1. The number of nitrogens with zero attached hydrogens (tertiary/aromatic N) is 2. The summed E-state index contributed by atoms with van der Waals surface area (Å²) in [5.74, 6) is -0.471. The maximum atomic E-state index is 13.2. The van der Waals surface area contributed by atoms with Crippen LogP contribution in [0.25, 0.3) is 6.08 Å². The number of carbonyl (C=O) groups is 2. The minimum Gasteiger partial charge on any atom is -0.336 e. The van der Waals surface area contributed by atoms with Crippen LogP contribution in [0.15, 0.2) is 41.8 Å². The molecule has 3 heterocycles. The number of hydrogen-bond donors (Lipinski definition) is 1. The van der Waals surface area contributed by atoms with Crippen molar-refractivity contribution in [1.29, 1.82) is 0 Å². The third-order valence-electron chi connectivity index (χ3n) is 6.21. The van der Waals surface area contributed by atoms with Gasteiger partial charge in [0.25, 0.3) is 0 Å². The zero-order valence-corrected chi connectivity index (χ0v) is 20.5. The number of rotatable bonds is 6. The third kappa shape index (κ3) is 5.54. The lowest BCUT2D eigenvalue weighted by Crippen LogP contribution is -2.61. The monoisotopic (exact) mass is 487 g/mol. The number of fused-ring (bicyclic) bond motifs is 1. The van der Waals surface area contributed by atoms with Crippen LogP contribution in [-0.4, -0.2) is 55.2 Å². The quantitative estimate of drug-likeness (QED) is 0.679. The first-order chi connectivity index (χ1) is 15.7. The number of amides is 2. The van der Waals surface area contributed by atoms with Crippen LogP contribution in [0, 0.1) is 6.92 Å². The maximum Gasteiger partial charge on any atom is 0.244 e. The Bertz CT molecular complexity index is 1190. The number of aryl methyl sites for hydroxylation is 1. The van der Waals surface area contributed by atoms with Crippen molar-refractivity contribution in [3.05, 3.63) is 62.7 Å². The first-order valence-corrected chi connectivity index (χ1v) is 13.4. The molecular formula is C24H29N3O4S2. The summed E-state index contributed by atoms with van der Waals surface area (Å²) >= 11 is 1.49. The second-order valence-electron chi connectivity index (χ2n) is 8.89. The lowest BCUT2D eigenvalue weighted by atomic mass is 9.91. The highest BCUT2D eigenvalue weighted by Gasteiger charge is 2.43. The van der Waals surface area contributed by atoms with Gasteiger partial charge in [-0.05, 0) is 62.4 Å². The van der Waals surface area contributed by atoms with Crippen molar-refractivity contribution in [3.63, 3.8) is 0 Å². The van der Waals surface area contributed by atoms with E-state index in [-0.39, 0.29) is 18.4 Å². The smallest absolute Gasteiger partial charge is 0.244 e. The predicted molar refractivity (Wildman–Crippen MR) is 130 cm³/mol. The van der Waals surface area contributed by atoms with Crippen LogP contribution < -0.4 is 4.72 Å². The molecule has 1 saturated heterocycles. The summed E-state index contributed by atoms with van der Waals surface area (Å²) in [6.45, 7) is 5.11. The van der Waals surface area contributed by atoms with Crippen molar-refractivity contribution in [3.8, 4) is 0 Å². The molecule has 0 unspecified atom stereocenters. The highest BCUT2D eigenvalue weighted by Crippen LogP contribution is 2.25. The van der Waals surface area contributed by atoms with Gasteiger partial charge in [0, 0.05) is 34.8 Å². The summed E-state index contributed by atoms with van der Waals surface area (Å²) in [7, 11) is -3.83. The van der Waals surface area contributed by atoms with Crippen molar-refractivity contribution >= 4 is 39.3 Å². The summed E-state index contributed by atoms with van der Waals surface area (Å²) in [6.07, 6.45) is 3.34. The molecule has 0 radical (unpaired) electrons. The van der Waals surface area contributed by atoms with Gasteiger partial charge in [-0.1, -0.05) is 24.3 Å². The number of likely N-dealkylation sites (tertiary alicyclic amines) is 1. The Hall–Kier alpha value is -2.49. The molecule has 0 aliphatic carbocycles. The largest absolute Gasteiger partial charge is 0.336 e. The standard InChI is InChI=1S/C24H29N3O4S2/c1-18-8-9-21(32-18)11-15-33(30,31)25-24(2)12-5-13-27(23(24)29)17-22(28)26-14-10-19-6-3-4-7-20(19)16-26/h3-4,6-9,11,15,25H,5,10,12-14,16-17H2,1-2H3/b15-11+/t24-/m0/s1. The lowest BCUT2D eigenvalue weighted by Gasteiger charge is -2.40. The van der Waals surface area contributed by atoms with Gasteiger partial charge in [0.1, 0.15) is 5.54 Å². The first-order valence-electron chi connectivity index (χ1n) is 11.1. The summed E-state index contributed by atoms with van der Waals surface area (Å²) < 4.78 is 27.9. The molecule has 176 valence electrons. The summed E-state index contributed by atoms with van der Waals surface area (Å²) in [4.78, 5) is 31.4. The molecule has 9 heteroatoms. The Balaban J connectivity index is 1.40. The fraction of sp³-hybridized carbons (Fsp3) is 0.417. The molecule has 1 aromatic heterocycles. The minimum absolute atomic E-state index is 0.0391. The first kappa shape index (κ1) is 23.7. The second-order valence-corrected chi connectivity index (χ2v) is 11.8. The highest BCUT2D eigenvalue weighted by atomic mass is 32.2. The van der Waals surface area contributed by atoms with E-state index < -0.39 is 15.6 Å². The SMILES string of the molecule is Cc1ccc(/C=C/S(=O)(=O)N[C@@]2(C)CCCN(CC(=O)N3CCc4ccccc4C3)C2=O)s1. The maximum absolute atomic E-state index is 13.2. The second kappa shape index (κ2) is 9.40. The molecule has 1 atom stereocenters. The lowest BCUT2D eigenvalue weighted by molar-refractivity contribution is -0.146. The number of sulfonamides is 1. The molecule has 1 fully saturated rings. The van der Waals surface area contributed by atoms with Crippen LogP contribution >= 0.6 is 11.3 Å². The zero-order chi connectivity index (χ0) is 23.6. The molecule has 2 aliphatic heterocycles. The summed E-state index contributed by atoms with van der Waals surface area (Å²) in [5, 5.41) is 1.10. The Morgan fingerprint density at radius 3 is 2.67 bits per heavy atom. The Morgan fingerprint density at radius 1 is 1.18 bits per heavy atom. The van der Waals surface area contributed by atoms with Crippen molar-refractivity contribution in [2.24, 2.45) is 0 Å². The molecule has 2 aliphatic rings. The van der Waals surface area contributed by atoms with E-state index in [4.69, 9.17) is 0 Å². The van der Waals surface area contributed by atoms with Crippen LogP contribution in [0.2, 0.25) is 0 Å². The Morgan fingerprint density at radius 2 is 1.94 bits per heavy atom. The van der Waals surface area contributed by atoms with E-state index in [2.05, 4.69) is 10.8 Å². The van der Waals surface area contributed by atoms with E-state index in [0.29, 0.717) is 32.5 Å². The fourth-order valence-electron chi connectivity index (χ4n) is 4.45. The molecule has 0 spiro atoms. The molecule has 7 nitrogen and oxygen atoms in total. The van der Waals surface area contributed by atoms with Crippen LogP contribution in [0.1, 0.15) is 40.6 Å². The molecule has 33 heavy (non-hydrogen) atoms. The van der Waals surface area contributed by atoms with Gasteiger partial charge in [-0.15, -0.1) is 11.3 Å². The minimum atomic E-state index is -3.83. The van der Waals surface area contributed by atoms with Gasteiger partial charge in [0.15, 0.2) is 0 Å². The Labute approximate surface area is 199 Å². The summed E-state index contributed by atoms with van der Waals surface area (Å²) in [6, 6.07) is 11.8. The number of carbonyl (C=O) groups excluding carboxylic acids is 2. The molecule has 2 amide bonds. The third-order valence-corrected chi connectivity index (χ3v) is 8.41. The van der Waals surface area contributed by atoms with Gasteiger partial charge in [-0.3, -0.25) is 9.59 Å². The van der Waals surface area contributed by atoms with Gasteiger partial charge in [-0.2, -0.15) is 4.72 Å². The van der Waals surface area contributed by atoms with E-state index in [1.165, 1.54) is 27.9 Å². The van der Waals surface area contributed by atoms with E-state index in [0.717, 1.165) is 27.1 Å². The number of benzene rings is 1. The number of hydrogen-bond acceptors (Lipinski definition) is 5. The molecular weight excluding hydrogens is 458 g/mol. The average molecular weight is 488 g/mol. The number of thiophene rings is 1. The van der Waals surface area contributed by atoms with Crippen molar-refractivity contribution < 1.29 is 18.0 Å². The van der Waals surface area contributed by atoms with Crippen LogP contribution in [0.3, 0.4) is 0 Å². The number of piperidine rings is 1. The zero-order valence-electron chi connectivity index (χ0n) is 18.9. The van der Waals surface area contributed by atoms with E-state index in [9.17, 15) is 18.0 Å². The van der Waals surface area contributed by atoms with Crippen molar-refractivity contribution in [1.82, 2.24) is 14.5 Å². The molecule has 0 bridgehead atoms. The molecule has 4 rings (SSSR count). The summed E-state index contributed by atoms with van der Waals surface area (Å²) in [5.41, 5.74) is 1.11. The van der Waals surface area contributed by atoms with Crippen molar-refractivity contribution in [2.45, 2.75) is 45.2 Å². The van der Waals surface area contributed by atoms with E-state index >= 15 is 0 Å². The molecule has 1 aromatic carbocycles. The van der Waals surface area contributed by atoms with Crippen LogP contribution in [0.4, 0.5) is 0 Å². The van der Waals surface area contributed by atoms with E-state index in [1.54, 1.807) is 11.8 Å². The highest BCUT2D eigenvalue weighted by molar-refractivity contribution is 7.92. The normalized spacial score (nSPS) is 21.5. The molecule has 1 N–H and O–H groups in total. The van der Waals surface area contributed by atoms with Crippen molar-refractivity contribution in [2.75, 3.05) is 19.6 Å². The van der Waals surface area contributed by atoms with Gasteiger partial charge >= 0.3 is 0 Å². The average Bonchev–Trinajstić information content (AvgIpc) is 3.20. The fourth-order valence-corrected chi connectivity index (χ4v) is 6.52. The van der Waals surface area contributed by atoms with Gasteiger partial charge in [0.05, 0.1) is 6.54 Å². The van der Waals surface area contributed by atoms with Gasteiger partial charge in [0.2, 0.25) is 21.8 Å². The van der Waals surface area contributed by atoms with Crippen LogP contribution in [0.5, 0.6) is 0 Å². The molecule has 0 saturated carbocycles.